The molecule has 28 heavy (non-hydrogen) atoms. The van der Waals surface area contributed by atoms with Crippen LogP contribution in [-0.4, -0.2) is 49.0 Å². The Balaban J connectivity index is 1.47. The molecule has 2 aliphatic rings. The second-order valence-electron chi connectivity index (χ2n) is 8.09. The maximum atomic E-state index is 12.8. The van der Waals surface area contributed by atoms with Gasteiger partial charge in [0.1, 0.15) is 5.76 Å². The van der Waals surface area contributed by atoms with E-state index in [-0.39, 0.29) is 12.0 Å². The van der Waals surface area contributed by atoms with Crippen LogP contribution in [0.25, 0.3) is 0 Å². The van der Waals surface area contributed by atoms with Crippen molar-refractivity contribution in [2.24, 2.45) is 10.9 Å². The van der Waals surface area contributed by atoms with Gasteiger partial charge < -0.3 is 20.0 Å². The van der Waals surface area contributed by atoms with Gasteiger partial charge in [-0.3, -0.25) is 9.79 Å². The van der Waals surface area contributed by atoms with Gasteiger partial charge in [-0.2, -0.15) is 0 Å². The molecule has 0 bridgehead atoms. The Morgan fingerprint density at radius 2 is 2.14 bits per heavy atom. The van der Waals surface area contributed by atoms with Crippen LogP contribution >= 0.6 is 0 Å². The Morgan fingerprint density at radius 3 is 2.89 bits per heavy atom. The monoisotopic (exact) mass is 388 g/mol. The molecule has 1 aliphatic heterocycles. The summed E-state index contributed by atoms with van der Waals surface area (Å²) < 4.78 is 5.40. The summed E-state index contributed by atoms with van der Waals surface area (Å²) in [5.74, 6) is 2.47. The van der Waals surface area contributed by atoms with Crippen LogP contribution in [0.2, 0.25) is 0 Å². The van der Waals surface area contributed by atoms with Crippen molar-refractivity contribution in [3.63, 3.8) is 0 Å². The van der Waals surface area contributed by atoms with Gasteiger partial charge in [0.15, 0.2) is 5.96 Å². The molecular formula is C22H36N4O2. The fourth-order valence-corrected chi connectivity index (χ4v) is 4.14. The predicted octanol–water partition coefficient (Wildman–Crippen LogP) is 3.34. The Kier molecular flexibility index (Phi) is 8.24. The fourth-order valence-electron chi connectivity index (χ4n) is 4.14. The van der Waals surface area contributed by atoms with Crippen LogP contribution in [-0.2, 0) is 11.2 Å². The molecule has 0 radical (unpaired) electrons. The van der Waals surface area contributed by atoms with Crippen LogP contribution in [0, 0.1) is 5.92 Å². The van der Waals surface area contributed by atoms with E-state index in [1.54, 1.807) is 6.26 Å². The molecule has 2 N–H and O–H groups in total. The average molecular weight is 389 g/mol. The molecular weight excluding hydrogens is 352 g/mol. The summed E-state index contributed by atoms with van der Waals surface area (Å²) in [7, 11) is 0. The molecule has 1 unspecified atom stereocenters. The lowest BCUT2D eigenvalue weighted by atomic mass is 9.88. The van der Waals surface area contributed by atoms with Gasteiger partial charge in [-0.15, -0.1) is 0 Å². The molecule has 1 amide bonds. The second-order valence-corrected chi connectivity index (χ2v) is 8.09. The SMILES string of the molecule is CCCCN=C(NCCc1ccco1)NC1CCN(C(=O)C2CCCCC2)C1. The maximum absolute atomic E-state index is 12.8. The first-order valence-electron chi connectivity index (χ1n) is 11.1. The lowest BCUT2D eigenvalue weighted by Gasteiger charge is -2.26. The van der Waals surface area contributed by atoms with E-state index in [9.17, 15) is 4.79 Å². The first-order chi connectivity index (χ1) is 13.8. The number of hydrogen-bond donors (Lipinski definition) is 2. The summed E-state index contributed by atoms with van der Waals surface area (Å²) in [4.78, 5) is 19.6. The normalized spacial score (nSPS) is 21.1. The Morgan fingerprint density at radius 1 is 1.29 bits per heavy atom. The van der Waals surface area contributed by atoms with Crippen molar-refractivity contribution in [1.29, 1.82) is 0 Å². The van der Waals surface area contributed by atoms with Gasteiger partial charge in [0.25, 0.3) is 0 Å². The van der Waals surface area contributed by atoms with Crippen molar-refractivity contribution < 1.29 is 9.21 Å². The molecule has 1 aromatic rings. The largest absolute Gasteiger partial charge is 0.469 e. The van der Waals surface area contributed by atoms with Gasteiger partial charge in [0.05, 0.1) is 6.26 Å². The van der Waals surface area contributed by atoms with Crippen LogP contribution in [0.15, 0.2) is 27.8 Å². The Hall–Kier alpha value is -1.98. The average Bonchev–Trinajstić information content (AvgIpc) is 3.40. The second kappa shape index (κ2) is 11.1. The zero-order valence-corrected chi connectivity index (χ0v) is 17.3. The highest BCUT2D eigenvalue weighted by atomic mass is 16.3. The number of carbonyl (C=O) groups excluding carboxylic acids is 1. The van der Waals surface area contributed by atoms with Crippen LogP contribution in [0.4, 0.5) is 0 Å². The van der Waals surface area contributed by atoms with Crippen LogP contribution in [0.3, 0.4) is 0 Å². The molecule has 1 saturated carbocycles. The minimum atomic E-state index is 0.261. The third kappa shape index (κ3) is 6.28. The number of unbranched alkanes of at least 4 members (excludes halogenated alkanes) is 1. The molecule has 1 aromatic heterocycles. The predicted molar refractivity (Wildman–Crippen MR) is 112 cm³/mol. The molecule has 6 nitrogen and oxygen atoms in total. The summed E-state index contributed by atoms with van der Waals surface area (Å²) in [5.41, 5.74) is 0. The van der Waals surface area contributed by atoms with Gasteiger partial charge in [-0.05, 0) is 37.8 Å². The van der Waals surface area contributed by atoms with Gasteiger partial charge in [0.2, 0.25) is 5.91 Å². The fraction of sp³-hybridized carbons (Fsp3) is 0.727. The van der Waals surface area contributed by atoms with Crippen LogP contribution in [0.1, 0.15) is 64.1 Å². The number of amides is 1. The number of guanidine groups is 1. The molecule has 156 valence electrons. The number of nitrogens with zero attached hydrogens (tertiary/aromatic N) is 2. The number of furan rings is 1. The highest BCUT2D eigenvalue weighted by Gasteiger charge is 2.31. The van der Waals surface area contributed by atoms with E-state index >= 15 is 0 Å². The highest BCUT2D eigenvalue weighted by Crippen LogP contribution is 2.26. The van der Waals surface area contributed by atoms with E-state index in [0.717, 1.165) is 76.4 Å². The lowest BCUT2D eigenvalue weighted by Crippen LogP contribution is -2.46. The number of hydrogen-bond acceptors (Lipinski definition) is 3. The summed E-state index contributed by atoms with van der Waals surface area (Å²) in [5, 5.41) is 6.98. The van der Waals surface area contributed by atoms with Crippen molar-refractivity contribution >= 4 is 11.9 Å². The van der Waals surface area contributed by atoms with Gasteiger partial charge in [-0.1, -0.05) is 32.6 Å². The zero-order valence-electron chi connectivity index (χ0n) is 17.3. The molecule has 6 heteroatoms. The molecule has 1 atom stereocenters. The van der Waals surface area contributed by atoms with E-state index in [1.807, 2.05) is 12.1 Å². The van der Waals surface area contributed by atoms with E-state index in [4.69, 9.17) is 9.41 Å². The number of likely N-dealkylation sites (tertiary alicyclic amines) is 1. The minimum Gasteiger partial charge on any atom is -0.469 e. The number of aliphatic imine (C=N–C) groups is 1. The number of rotatable bonds is 8. The van der Waals surface area contributed by atoms with E-state index in [0.29, 0.717) is 5.91 Å². The molecule has 0 spiro atoms. The molecule has 2 fully saturated rings. The summed E-state index contributed by atoms with van der Waals surface area (Å²) >= 11 is 0. The minimum absolute atomic E-state index is 0.261. The van der Waals surface area contributed by atoms with Gasteiger partial charge in [0, 0.05) is 44.6 Å². The first-order valence-corrected chi connectivity index (χ1v) is 11.1. The van der Waals surface area contributed by atoms with Gasteiger partial charge >= 0.3 is 0 Å². The number of carbonyl (C=O) groups is 1. The number of nitrogens with one attached hydrogen (secondary N) is 2. The van der Waals surface area contributed by atoms with Crippen molar-refractivity contribution in [2.45, 2.75) is 70.8 Å². The Labute approximate surface area is 169 Å². The lowest BCUT2D eigenvalue weighted by molar-refractivity contribution is -0.135. The van der Waals surface area contributed by atoms with E-state index in [2.05, 4.69) is 22.5 Å². The maximum Gasteiger partial charge on any atom is 0.225 e. The summed E-state index contributed by atoms with van der Waals surface area (Å²) in [6, 6.07) is 4.19. The molecule has 1 saturated heterocycles. The Bertz CT molecular complexity index is 608. The van der Waals surface area contributed by atoms with Crippen molar-refractivity contribution in [1.82, 2.24) is 15.5 Å². The first kappa shape index (κ1) is 20.7. The smallest absolute Gasteiger partial charge is 0.225 e. The molecule has 3 rings (SSSR count). The van der Waals surface area contributed by atoms with E-state index < -0.39 is 0 Å². The standard InChI is InChI=1S/C22H36N4O2/c1-2-3-13-23-22(24-14-11-20-10-7-16-28-20)25-19-12-15-26(17-19)21(27)18-8-5-4-6-9-18/h7,10,16,18-19H,2-6,8-9,11-15,17H2,1H3,(H2,23,24,25). The molecule has 2 heterocycles. The van der Waals surface area contributed by atoms with Crippen molar-refractivity contribution in [3.8, 4) is 0 Å². The molecule has 0 aromatic carbocycles. The van der Waals surface area contributed by atoms with Crippen molar-refractivity contribution in [3.05, 3.63) is 24.2 Å². The quantitative estimate of drug-likeness (QED) is 0.407. The summed E-state index contributed by atoms with van der Waals surface area (Å²) in [6.45, 7) is 5.44. The third-order valence-corrected chi connectivity index (χ3v) is 5.82. The van der Waals surface area contributed by atoms with Gasteiger partial charge in [-0.25, -0.2) is 0 Å². The van der Waals surface area contributed by atoms with Crippen LogP contribution in [0.5, 0.6) is 0 Å². The zero-order chi connectivity index (χ0) is 19.6. The highest BCUT2D eigenvalue weighted by molar-refractivity contribution is 5.81. The topological polar surface area (TPSA) is 69.9 Å². The third-order valence-electron chi connectivity index (χ3n) is 5.82. The molecule has 1 aliphatic carbocycles. The van der Waals surface area contributed by atoms with Crippen LogP contribution < -0.4 is 10.6 Å². The van der Waals surface area contributed by atoms with E-state index in [1.165, 1.54) is 19.3 Å². The van der Waals surface area contributed by atoms with Crippen molar-refractivity contribution in [2.75, 3.05) is 26.2 Å². The summed E-state index contributed by atoms with van der Waals surface area (Å²) in [6.07, 6.45) is 11.6.